The number of carbonyl (C=O) groups is 7. The Morgan fingerprint density at radius 2 is 0.860 bits per heavy atom. The van der Waals surface area contributed by atoms with Crippen molar-refractivity contribution in [2.45, 2.75) is 118 Å². The molecule has 10 nitrogen and oxygen atoms in total. The number of Topliss-reactive ketones (excluding diaryl/α,β-unsaturated/α-hetero) is 2. The van der Waals surface area contributed by atoms with Gasteiger partial charge in [-0.2, -0.15) is 0 Å². The average molecular weight is 599 g/mol. The predicted molar refractivity (Wildman–Crippen MR) is 156 cm³/mol. The first-order chi connectivity index (χ1) is 20.4. The Morgan fingerprint density at radius 1 is 0.512 bits per heavy atom. The van der Waals surface area contributed by atoms with E-state index in [0.29, 0.717) is 24.0 Å². The second-order valence-electron chi connectivity index (χ2n) is 10.9. The highest BCUT2D eigenvalue weighted by Crippen LogP contribution is 2.27. The van der Waals surface area contributed by atoms with Crippen LogP contribution in [0.1, 0.15) is 118 Å². The lowest BCUT2D eigenvalue weighted by atomic mass is 9.91. The van der Waals surface area contributed by atoms with Gasteiger partial charge in [0.2, 0.25) is 17.3 Å². The molecule has 0 N–H and O–H groups in total. The van der Waals surface area contributed by atoms with Gasteiger partial charge in [-0.3, -0.25) is 33.6 Å². The molecule has 0 aromatic carbocycles. The Labute approximate surface area is 252 Å². The Balaban J connectivity index is 1.60. The van der Waals surface area contributed by atoms with E-state index in [0.717, 1.165) is 90.6 Å². The summed E-state index contributed by atoms with van der Waals surface area (Å²) in [6.07, 6.45) is 14.4. The predicted octanol–water partition coefficient (Wildman–Crippen LogP) is 5.78. The molecule has 2 aliphatic carbocycles. The van der Waals surface area contributed by atoms with Crippen LogP contribution in [0.4, 0.5) is 0 Å². The van der Waals surface area contributed by atoms with Gasteiger partial charge >= 0.3 is 17.9 Å². The van der Waals surface area contributed by atoms with E-state index >= 15 is 0 Å². The van der Waals surface area contributed by atoms with E-state index in [-0.39, 0.29) is 35.1 Å². The smallest absolute Gasteiger partial charge is 0.308 e. The zero-order valence-electron chi connectivity index (χ0n) is 25.6. The number of ether oxygens (including phenoxy) is 3. The van der Waals surface area contributed by atoms with Gasteiger partial charge in [0.05, 0.1) is 5.57 Å². The highest BCUT2D eigenvalue weighted by molar-refractivity contribution is 6.22. The van der Waals surface area contributed by atoms with Gasteiger partial charge in [0.1, 0.15) is 0 Å². The standard InChI is InChI=1S/C33H42O10/c1-21-19-27(37)32(42-23(3)35)25(30(21)39)17-15-13-11-9-7-5-6-8-10-12-14-16-18-26-31(40)29(41-22(2)34)20-28(38)33(26)43-24(4)36/h19-20H,5-18H2,1-4H3. The molecule has 0 radical (unpaired) electrons. The zero-order chi connectivity index (χ0) is 31.9. The van der Waals surface area contributed by atoms with Crippen molar-refractivity contribution >= 4 is 41.0 Å². The first-order valence-corrected chi connectivity index (χ1v) is 15.0. The van der Waals surface area contributed by atoms with E-state index in [4.69, 9.17) is 14.2 Å². The Kier molecular flexibility index (Phi) is 14.7. The molecule has 234 valence electrons. The van der Waals surface area contributed by atoms with Crippen molar-refractivity contribution in [2.75, 3.05) is 0 Å². The molecular formula is C33H42O10. The van der Waals surface area contributed by atoms with Gasteiger partial charge in [0, 0.05) is 38.0 Å². The summed E-state index contributed by atoms with van der Waals surface area (Å²) in [7, 11) is 0. The summed E-state index contributed by atoms with van der Waals surface area (Å²) in [6, 6.07) is 0. The minimum Gasteiger partial charge on any atom is -0.422 e. The second kappa shape index (κ2) is 17.9. The lowest BCUT2D eigenvalue weighted by Crippen LogP contribution is -2.24. The number of unbranched alkanes of at least 4 members (excludes halogenated alkanes) is 11. The van der Waals surface area contributed by atoms with Crippen molar-refractivity contribution in [1.29, 1.82) is 0 Å². The molecule has 0 aliphatic heterocycles. The van der Waals surface area contributed by atoms with E-state index in [1.807, 2.05) is 0 Å². The molecule has 0 aromatic heterocycles. The molecule has 0 heterocycles. The van der Waals surface area contributed by atoms with Gasteiger partial charge in [0.15, 0.2) is 23.1 Å². The van der Waals surface area contributed by atoms with Gasteiger partial charge in [-0.05, 0) is 38.7 Å². The van der Waals surface area contributed by atoms with Gasteiger partial charge < -0.3 is 14.2 Å². The van der Waals surface area contributed by atoms with Crippen LogP contribution in [0.25, 0.3) is 0 Å². The molecule has 2 rings (SSSR count). The summed E-state index contributed by atoms with van der Waals surface area (Å²) >= 11 is 0. The molecule has 0 amide bonds. The number of hydrogen-bond acceptors (Lipinski definition) is 10. The fourth-order valence-corrected chi connectivity index (χ4v) is 5.04. The molecule has 0 spiro atoms. The average Bonchev–Trinajstić information content (AvgIpc) is 2.92. The zero-order valence-corrected chi connectivity index (χ0v) is 25.6. The van der Waals surface area contributed by atoms with Crippen LogP contribution in [0.2, 0.25) is 0 Å². The molecule has 0 saturated carbocycles. The summed E-state index contributed by atoms with van der Waals surface area (Å²) in [6.45, 7) is 5.09. The van der Waals surface area contributed by atoms with Crippen LogP contribution >= 0.6 is 0 Å². The van der Waals surface area contributed by atoms with Crippen molar-refractivity contribution < 1.29 is 47.8 Å². The van der Waals surface area contributed by atoms with Crippen LogP contribution in [0, 0.1) is 0 Å². The maximum atomic E-state index is 12.7. The van der Waals surface area contributed by atoms with Crippen molar-refractivity contribution in [3.8, 4) is 0 Å². The lowest BCUT2D eigenvalue weighted by molar-refractivity contribution is -0.142. The highest BCUT2D eigenvalue weighted by Gasteiger charge is 2.32. The number of allylic oxidation sites excluding steroid dienone is 5. The minimum absolute atomic E-state index is 0.0614. The van der Waals surface area contributed by atoms with Gasteiger partial charge in [0.25, 0.3) is 0 Å². The quantitative estimate of drug-likeness (QED) is 0.0823. The van der Waals surface area contributed by atoms with E-state index in [2.05, 4.69) is 0 Å². The molecule has 0 aromatic rings. The van der Waals surface area contributed by atoms with Gasteiger partial charge in [-0.1, -0.05) is 64.2 Å². The number of hydrogen-bond donors (Lipinski definition) is 0. The number of carbonyl (C=O) groups excluding carboxylic acids is 7. The summed E-state index contributed by atoms with van der Waals surface area (Å²) in [5.41, 5.74) is 0.722. The van der Waals surface area contributed by atoms with Crippen LogP contribution in [-0.2, 0) is 47.8 Å². The van der Waals surface area contributed by atoms with Crippen LogP contribution in [0.15, 0.2) is 46.1 Å². The monoisotopic (exact) mass is 598 g/mol. The van der Waals surface area contributed by atoms with E-state index in [1.165, 1.54) is 13.0 Å². The Hall–Kier alpha value is -3.95. The van der Waals surface area contributed by atoms with Crippen molar-refractivity contribution in [2.24, 2.45) is 0 Å². The lowest BCUT2D eigenvalue weighted by Gasteiger charge is -2.17. The Morgan fingerprint density at radius 3 is 1.26 bits per heavy atom. The molecule has 43 heavy (non-hydrogen) atoms. The normalized spacial score (nSPS) is 15.4. The van der Waals surface area contributed by atoms with Gasteiger partial charge in [-0.15, -0.1) is 0 Å². The largest absolute Gasteiger partial charge is 0.422 e. The first-order valence-electron chi connectivity index (χ1n) is 15.0. The van der Waals surface area contributed by atoms with E-state index < -0.39 is 35.3 Å². The van der Waals surface area contributed by atoms with Crippen molar-refractivity contribution in [3.63, 3.8) is 0 Å². The SMILES string of the molecule is CC(=O)OC1=CC(=O)C(OC(C)=O)=C(CCCCCCCCCCCCCCC2=C(OC(C)=O)C(=O)C=C(C)C2=O)C1=O. The minimum atomic E-state index is -0.712. The highest BCUT2D eigenvalue weighted by atomic mass is 16.6. The molecule has 0 fully saturated rings. The summed E-state index contributed by atoms with van der Waals surface area (Å²) in [5.74, 6) is -4.75. The van der Waals surface area contributed by atoms with Crippen molar-refractivity contribution in [1.82, 2.24) is 0 Å². The summed E-state index contributed by atoms with van der Waals surface area (Å²) in [4.78, 5) is 83.8. The van der Waals surface area contributed by atoms with Crippen LogP contribution in [0.5, 0.6) is 0 Å². The topological polar surface area (TPSA) is 147 Å². The van der Waals surface area contributed by atoms with E-state index in [1.54, 1.807) is 6.92 Å². The number of rotatable bonds is 18. The van der Waals surface area contributed by atoms with Crippen LogP contribution < -0.4 is 0 Å². The number of esters is 3. The van der Waals surface area contributed by atoms with Gasteiger partial charge in [-0.25, -0.2) is 0 Å². The van der Waals surface area contributed by atoms with E-state index in [9.17, 15) is 33.6 Å². The molecule has 0 atom stereocenters. The third kappa shape index (κ3) is 11.7. The number of ketones is 4. The molecule has 2 aliphatic rings. The molecule has 0 saturated heterocycles. The second-order valence-corrected chi connectivity index (χ2v) is 10.9. The summed E-state index contributed by atoms with van der Waals surface area (Å²) in [5, 5.41) is 0. The first kappa shape index (κ1) is 35.2. The molecule has 0 bridgehead atoms. The third-order valence-electron chi connectivity index (χ3n) is 7.08. The van der Waals surface area contributed by atoms with Crippen LogP contribution in [0.3, 0.4) is 0 Å². The van der Waals surface area contributed by atoms with Crippen molar-refractivity contribution in [3.05, 3.63) is 46.1 Å². The van der Waals surface area contributed by atoms with Crippen LogP contribution in [-0.4, -0.2) is 41.0 Å². The fraction of sp³-hybridized carbons (Fsp3) is 0.545. The third-order valence-corrected chi connectivity index (χ3v) is 7.08. The molecule has 0 unspecified atom stereocenters. The molecule has 10 heteroatoms. The fourth-order valence-electron chi connectivity index (χ4n) is 5.04. The maximum absolute atomic E-state index is 12.7. The molecular weight excluding hydrogens is 556 g/mol. The summed E-state index contributed by atoms with van der Waals surface area (Å²) < 4.78 is 14.9. The Bertz CT molecular complexity index is 1260. The maximum Gasteiger partial charge on any atom is 0.308 e.